The lowest BCUT2D eigenvalue weighted by Crippen LogP contribution is -2.35. The van der Waals surface area contributed by atoms with Gasteiger partial charge in [-0.1, -0.05) is 23.5 Å². The van der Waals surface area contributed by atoms with Gasteiger partial charge >= 0.3 is 0 Å². The highest BCUT2D eigenvalue weighted by molar-refractivity contribution is 7.19. The van der Waals surface area contributed by atoms with E-state index in [1.165, 1.54) is 16.7 Å². The van der Waals surface area contributed by atoms with E-state index in [4.69, 9.17) is 0 Å². The molecule has 5 nitrogen and oxygen atoms in total. The molecule has 1 aromatic carbocycles. The number of hydrogen-bond acceptors (Lipinski definition) is 5. The quantitative estimate of drug-likeness (QED) is 0.763. The molecule has 0 bridgehead atoms. The highest BCUT2D eigenvalue weighted by Crippen LogP contribution is 2.32. The summed E-state index contributed by atoms with van der Waals surface area (Å²) in [6.45, 7) is 4.03. The Bertz CT molecular complexity index is 944. The zero-order valence-corrected chi connectivity index (χ0v) is 15.8. The minimum absolute atomic E-state index is 0.0920. The van der Waals surface area contributed by atoms with Gasteiger partial charge < -0.3 is 10.2 Å². The van der Waals surface area contributed by atoms with Crippen molar-refractivity contribution in [3.8, 4) is 10.4 Å². The Hall–Kier alpha value is -2.31. The first kappa shape index (κ1) is 17.1. The topological polar surface area (TPSA) is 58.1 Å². The molecule has 3 aromatic rings. The van der Waals surface area contributed by atoms with E-state index in [9.17, 15) is 4.79 Å². The van der Waals surface area contributed by atoms with E-state index in [0.717, 1.165) is 47.3 Å². The predicted octanol–water partition coefficient (Wildman–Crippen LogP) is 3.95. The van der Waals surface area contributed by atoms with Crippen LogP contribution in [0.25, 0.3) is 21.2 Å². The molecule has 0 unspecified atom stereocenters. The van der Waals surface area contributed by atoms with Gasteiger partial charge in [0.1, 0.15) is 0 Å². The largest absolute Gasteiger partial charge is 0.306 e. The third-order valence-corrected chi connectivity index (χ3v) is 6.03. The first-order valence-electron chi connectivity index (χ1n) is 8.90. The molecule has 6 heteroatoms. The number of carbonyl (C=O) groups is 1. The van der Waals surface area contributed by atoms with E-state index in [0.29, 0.717) is 5.13 Å². The molecule has 134 valence electrons. The van der Waals surface area contributed by atoms with E-state index >= 15 is 0 Å². The van der Waals surface area contributed by atoms with E-state index in [-0.39, 0.29) is 11.8 Å². The maximum atomic E-state index is 12.5. The second-order valence-corrected chi connectivity index (χ2v) is 8.02. The number of fused-ring (bicyclic) bond motifs is 1. The molecule has 1 N–H and O–H groups in total. The maximum Gasteiger partial charge on any atom is 0.229 e. The van der Waals surface area contributed by atoms with Crippen molar-refractivity contribution in [1.82, 2.24) is 14.9 Å². The number of carbonyl (C=O) groups excluding carboxylic acids is 1. The van der Waals surface area contributed by atoms with Gasteiger partial charge in [-0.05, 0) is 62.5 Å². The average molecular weight is 366 g/mol. The number of piperidine rings is 1. The number of nitrogens with one attached hydrogen (secondary N) is 1. The van der Waals surface area contributed by atoms with E-state index in [2.05, 4.69) is 52.4 Å². The second kappa shape index (κ2) is 7.13. The van der Waals surface area contributed by atoms with Crippen molar-refractivity contribution in [2.45, 2.75) is 19.8 Å². The van der Waals surface area contributed by atoms with Crippen molar-refractivity contribution < 1.29 is 4.79 Å². The fourth-order valence-electron chi connectivity index (χ4n) is 3.41. The number of likely N-dealkylation sites (tertiary alicyclic amines) is 1. The first-order valence-corrected chi connectivity index (χ1v) is 9.72. The third-order valence-electron chi connectivity index (χ3n) is 5.07. The molecule has 0 saturated carbocycles. The number of rotatable bonds is 3. The summed E-state index contributed by atoms with van der Waals surface area (Å²) >= 11 is 1.52. The minimum Gasteiger partial charge on any atom is -0.306 e. The smallest absolute Gasteiger partial charge is 0.229 e. The van der Waals surface area contributed by atoms with Crippen LogP contribution in [0.4, 0.5) is 5.13 Å². The van der Waals surface area contributed by atoms with Crippen LogP contribution in [0.3, 0.4) is 0 Å². The van der Waals surface area contributed by atoms with Crippen LogP contribution in [-0.4, -0.2) is 40.9 Å². The van der Waals surface area contributed by atoms with Crippen molar-refractivity contribution in [3.63, 3.8) is 0 Å². The van der Waals surface area contributed by atoms with E-state index < -0.39 is 0 Å². The Kier molecular flexibility index (Phi) is 4.70. The summed E-state index contributed by atoms with van der Waals surface area (Å²) in [5, 5.41) is 6.01. The van der Waals surface area contributed by atoms with Crippen LogP contribution in [-0.2, 0) is 4.79 Å². The van der Waals surface area contributed by atoms with Crippen molar-refractivity contribution in [1.29, 1.82) is 0 Å². The SMILES string of the molecule is Cc1cncc2ccc(-c3cnc(NC(=O)C4CCN(C)CC4)s3)cc12. The van der Waals surface area contributed by atoms with Gasteiger partial charge in [-0.2, -0.15) is 0 Å². The summed E-state index contributed by atoms with van der Waals surface area (Å²) < 4.78 is 0. The fourth-order valence-corrected chi connectivity index (χ4v) is 4.22. The highest BCUT2D eigenvalue weighted by Gasteiger charge is 2.24. The lowest BCUT2D eigenvalue weighted by Gasteiger charge is -2.27. The van der Waals surface area contributed by atoms with Gasteiger partial charge in [0.15, 0.2) is 5.13 Å². The van der Waals surface area contributed by atoms with Crippen LogP contribution >= 0.6 is 11.3 Å². The van der Waals surface area contributed by atoms with E-state index in [1.807, 2.05) is 18.6 Å². The number of anilines is 1. The summed E-state index contributed by atoms with van der Waals surface area (Å²) in [4.78, 5) is 24.4. The Morgan fingerprint density at radius 3 is 2.85 bits per heavy atom. The second-order valence-electron chi connectivity index (χ2n) is 6.99. The highest BCUT2D eigenvalue weighted by atomic mass is 32.1. The molecule has 0 spiro atoms. The van der Waals surface area contributed by atoms with Crippen molar-refractivity contribution in [2.24, 2.45) is 5.92 Å². The number of hydrogen-bond donors (Lipinski definition) is 1. The minimum atomic E-state index is 0.0920. The lowest BCUT2D eigenvalue weighted by atomic mass is 9.96. The molecular formula is C20H22N4OS. The number of pyridine rings is 1. The first-order chi connectivity index (χ1) is 12.6. The van der Waals surface area contributed by atoms with Crippen LogP contribution in [0.5, 0.6) is 0 Å². The number of amides is 1. The summed E-state index contributed by atoms with van der Waals surface area (Å²) in [5.41, 5.74) is 2.27. The van der Waals surface area contributed by atoms with Gasteiger partial charge in [0.2, 0.25) is 5.91 Å². The number of aromatic nitrogens is 2. The van der Waals surface area contributed by atoms with Crippen LogP contribution in [0, 0.1) is 12.8 Å². The molecule has 0 aliphatic carbocycles. The predicted molar refractivity (Wildman–Crippen MR) is 106 cm³/mol. The molecule has 0 atom stereocenters. The van der Waals surface area contributed by atoms with E-state index in [1.54, 1.807) is 0 Å². The number of thiazole rings is 1. The molecule has 1 fully saturated rings. The fraction of sp³-hybridized carbons (Fsp3) is 0.350. The lowest BCUT2D eigenvalue weighted by molar-refractivity contribution is -0.121. The molecule has 1 amide bonds. The van der Waals surface area contributed by atoms with Crippen LogP contribution in [0.1, 0.15) is 18.4 Å². The van der Waals surface area contributed by atoms with Gasteiger partial charge in [-0.25, -0.2) is 4.98 Å². The zero-order chi connectivity index (χ0) is 18.1. The molecule has 3 heterocycles. The molecule has 4 rings (SSSR count). The Morgan fingerprint density at radius 1 is 1.23 bits per heavy atom. The van der Waals surface area contributed by atoms with Crippen LogP contribution in [0.2, 0.25) is 0 Å². The Balaban J connectivity index is 1.51. The van der Waals surface area contributed by atoms with Gasteiger partial charge in [0.05, 0.1) is 4.88 Å². The molecule has 1 aliphatic heterocycles. The van der Waals surface area contributed by atoms with Crippen molar-refractivity contribution in [2.75, 3.05) is 25.5 Å². The van der Waals surface area contributed by atoms with Gasteiger partial charge in [-0.15, -0.1) is 0 Å². The molecule has 1 saturated heterocycles. The molecule has 1 aliphatic rings. The van der Waals surface area contributed by atoms with Crippen LogP contribution < -0.4 is 5.32 Å². The summed E-state index contributed by atoms with van der Waals surface area (Å²) in [7, 11) is 2.10. The standard InChI is InChI=1S/C20H22N4OS/c1-13-10-21-11-16-4-3-15(9-17(13)16)18-12-22-20(26-18)23-19(25)14-5-7-24(2)8-6-14/h3-4,9-12,14H,5-8H2,1-2H3,(H,22,23,25). The third kappa shape index (κ3) is 3.48. The van der Waals surface area contributed by atoms with Gasteiger partial charge in [-0.3, -0.25) is 9.78 Å². The van der Waals surface area contributed by atoms with Crippen LogP contribution in [0.15, 0.2) is 36.8 Å². The zero-order valence-electron chi connectivity index (χ0n) is 15.0. The number of aryl methyl sites for hydroxylation is 1. The van der Waals surface area contributed by atoms with Crippen molar-refractivity contribution >= 4 is 33.1 Å². The Labute approximate surface area is 157 Å². The average Bonchev–Trinajstić information content (AvgIpc) is 3.11. The van der Waals surface area contributed by atoms with Gasteiger partial charge in [0.25, 0.3) is 0 Å². The molecule has 26 heavy (non-hydrogen) atoms. The van der Waals surface area contributed by atoms with Gasteiger partial charge in [0, 0.05) is 29.9 Å². The monoisotopic (exact) mass is 366 g/mol. The molecule has 2 aromatic heterocycles. The maximum absolute atomic E-state index is 12.5. The Morgan fingerprint density at radius 2 is 2.04 bits per heavy atom. The summed E-state index contributed by atoms with van der Waals surface area (Å²) in [6.07, 6.45) is 7.43. The number of benzene rings is 1. The molecule has 0 radical (unpaired) electrons. The summed E-state index contributed by atoms with van der Waals surface area (Å²) in [6, 6.07) is 6.34. The normalized spacial score (nSPS) is 16.1. The molecular weight excluding hydrogens is 344 g/mol. The van der Waals surface area contributed by atoms with Crippen molar-refractivity contribution in [3.05, 3.63) is 42.4 Å². The number of nitrogens with zero attached hydrogens (tertiary/aromatic N) is 3. The summed E-state index contributed by atoms with van der Waals surface area (Å²) in [5.74, 6) is 0.189.